The summed E-state index contributed by atoms with van der Waals surface area (Å²) in [5, 5.41) is 13.5. The minimum absolute atomic E-state index is 0.0261. The summed E-state index contributed by atoms with van der Waals surface area (Å²) in [6, 6.07) is 35.7. The first kappa shape index (κ1) is 70.6. The fourth-order valence-electron chi connectivity index (χ4n) is 13.7. The topological polar surface area (TPSA) is 181 Å². The van der Waals surface area contributed by atoms with Crippen molar-refractivity contribution in [2.24, 2.45) is 5.92 Å². The van der Waals surface area contributed by atoms with Gasteiger partial charge in [-0.05, 0) is 185 Å². The lowest BCUT2D eigenvalue weighted by Gasteiger charge is -2.38. The van der Waals surface area contributed by atoms with Crippen LogP contribution in [0.5, 0.6) is 5.75 Å². The van der Waals surface area contributed by atoms with Crippen LogP contribution in [-0.4, -0.2) is 190 Å². The smallest absolute Gasteiger partial charge is 0.380 e. The Morgan fingerprint density at radius 1 is 0.740 bits per heavy atom. The quantitative estimate of drug-likeness (QED) is 0.00648. The molecule has 5 aliphatic heterocycles. The lowest BCUT2D eigenvalue weighted by Crippen LogP contribution is -2.52. The van der Waals surface area contributed by atoms with E-state index in [-0.39, 0.29) is 47.3 Å². The predicted octanol–water partition coefficient (Wildman–Crippen LogP) is 11.0. The molecule has 514 valence electrons. The number of unbranched alkanes of at least 4 members (excludes halogenated alkanes) is 1. The van der Waals surface area contributed by atoms with Crippen molar-refractivity contribution in [2.45, 2.75) is 99.7 Å². The number of benzene rings is 5. The molecule has 0 spiro atoms. The fraction of sp³-hybridized carbons (Fsp3) is 0.486. The zero-order valence-corrected chi connectivity index (χ0v) is 56.8. The molecule has 4 amide bonds. The Morgan fingerprint density at radius 2 is 1.47 bits per heavy atom. The highest BCUT2D eigenvalue weighted by atomic mass is 35.5. The van der Waals surface area contributed by atoms with E-state index in [0.717, 1.165) is 183 Å². The number of ether oxygens (including phenoxy) is 1. The number of nitrogens with zero attached hydrogens (tertiary/aromatic N) is 6. The number of alkyl halides is 3. The molecule has 11 rings (SSSR count). The number of fused-ring (bicyclic) bond motifs is 1. The van der Waals surface area contributed by atoms with Crippen LogP contribution >= 0.6 is 35.4 Å². The number of hydrogen-bond donors (Lipinski definition) is 4. The molecule has 4 fully saturated rings. The maximum absolute atomic E-state index is 14.1. The molecular formula is C72H88ClF3N10O8S2. The number of allylic oxidation sites excluding steroid dienone is 1. The van der Waals surface area contributed by atoms with Gasteiger partial charge in [-0.2, -0.15) is 13.2 Å². The number of carbonyl (C=O) groups is 5. The third-order valence-electron chi connectivity index (χ3n) is 19.1. The van der Waals surface area contributed by atoms with Crippen molar-refractivity contribution >= 4 is 87.5 Å². The molecule has 1 aliphatic carbocycles. The van der Waals surface area contributed by atoms with Crippen LogP contribution in [0.2, 0.25) is 5.02 Å². The van der Waals surface area contributed by atoms with Crippen LogP contribution in [0.4, 0.5) is 30.2 Å². The van der Waals surface area contributed by atoms with Crippen molar-refractivity contribution in [2.75, 3.05) is 139 Å². The number of ketones is 1. The van der Waals surface area contributed by atoms with Gasteiger partial charge in [-0.25, -0.2) is 0 Å². The number of halogens is 4. The van der Waals surface area contributed by atoms with E-state index in [0.29, 0.717) is 61.0 Å². The van der Waals surface area contributed by atoms with Gasteiger partial charge in [0.25, 0.3) is 5.91 Å². The zero-order chi connectivity index (χ0) is 66.8. The van der Waals surface area contributed by atoms with Crippen molar-refractivity contribution in [3.05, 3.63) is 154 Å². The van der Waals surface area contributed by atoms with Crippen LogP contribution in [0.25, 0.3) is 5.57 Å². The molecule has 6 aliphatic rings. The average Bonchev–Trinajstić information content (AvgIpc) is 1.64. The zero-order valence-electron chi connectivity index (χ0n) is 54.4. The first-order valence-corrected chi connectivity index (χ1v) is 36.0. The van der Waals surface area contributed by atoms with Gasteiger partial charge in [0, 0.05) is 161 Å². The third kappa shape index (κ3) is 20.2. The lowest BCUT2D eigenvalue weighted by atomic mass is 9.80. The fourth-order valence-corrected chi connectivity index (χ4v) is 15.0. The van der Waals surface area contributed by atoms with Crippen molar-refractivity contribution < 1.29 is 51.1 Å². The van der Waals surface area contributed by atoms with Crippen LogP contribution in [0.1, 0.15) is 108 Å². The molecule has 4 N–H and O–H groups in total. The van der Waals surface area contributed by atoms with Gasteiger partial charge in [0.2, 0.25) is 17.7 Å². The number of rotatable bonds is 30. The second-order valence-electron chi connectivity index (χ2n) is 25.7. The van der Waals surface area contributed by atoms with E-state index >= 15 is 0 Å². The molecule has 5 aromatic rings. The lowest BCUT2D eigenvalue weighted by molar-refractivity contribution is -0.137. The van der Waals surface area contributed by atoms with E-state index in [4.69, 9.17) is 21.2 Å². The molecule has 5 aromatic carbocycles. The molecule has 0 radical (unpaired) electrons. The summed E-state index contributed by atoms with van der Waals surface area (Å²) >= 11 is 7.29. The molecule has 4 saturated heterocycles. The summed E-state index contributed by atoms with van der Waals surface area (Å²) in [5.74, 6) is 0.0724. The van der Waals surface area contributed by atoms with Gasteiger partial charge in [-0.3, -0.25) is 39.1 Å². The van der Waals surface area contributed by atoms with E-state index in [9.17, 15) is 37.1 Å². The summed E-state index contributed by atoms with van der Waals surface area (Å²) in [4.78, 5) is 84.3. The van der Waals surface area contributed by atoms with Gasteiger partial charge < -0.3 is 45.2 Å². The molecule has 3 unspecified atom stereocenters. The maximum atomic E-state index is 14.1. The molecule has 0 bridgehead atoms. The van der Waals surface area contributed by atoms with Crippen LogP contribution < -0.4 is 36.0 Å². The average molecular weight is 1380 g/mol. The Morgan fingerprint density at radius 3 is 2.24 bits per heavy atom. The van der Waals surface area contributed by atoms with Gasteiger partial charge in [0.15, 0.2) is 23.6 Å². The first-order valence-electron chi connectivity index (χ1n) is 33.9. The minimum Gasteiger partial charge on any atom is -0.380 e. The second-order valence-corrected chi connectivity index (χ2v) is 28.0. The van der Waals surface area contributed by atoms with E-state index in [2.05, 4.69) is 68.3 Å². The Bertz CT molecular complexity index is 3460. The molecule has 24 heteroatoms. The van der Waals surface area contributed by atoms with Gasteiger partial charge in [-0.15, -0.1) is 16.1 Å². The summed E-state index contributed by atoms with van der Waals surface area (Å²) < 4.78 is 50.2. The van der Waals surface area contributed by atoms with Gasteiger partial charge in [-0.1, -0.05) is 47.5 Å². The minimum atomic E-state index is -4.70. The van der Waals surface area contributed by atoms with Gasteiger partial charge >= 0.3 is 5.51 Å². The number of piperidine rings is 1. The third-order valence-corrected chi connectivity index (χ3v) is 20.8. The SMILES string of the molecule is O=C(CCCN1CCN(c2ccc3c(c2)CN(C2CCC(=O)NC2=O)C3=O)CC1)NCCCCNCC1CCC(c2ccc(Cl)cc2)=C(CN2CCN(c3ccc(C(=O)c4ccc(NC(CCN5CCCOCC5)CSc5ccccc5)c(OOSC(F)(F)F)c4)cc3)CC2)C1. The highest BCUT2D eigenvalue weighted by Gasteiger charge is 2.40. The van der Waals surface area contributed by atoms with Crippen LogP contribution in [0, 0.1) is 5.92 Å². The second kappa shape index (κ2) is 34.7. The molecule has 96 heavy (non-hydrogen) atoms. The van der Waals surface area contributed by atoms with E-state index in [1.54, 1.807) is 40.9 Å². The number of thioether (sulfide) groups is 1. The molecule has 0 aromatic heterocycles. The highest BCUT2D eigenvalue weighted by Crippen LogP contribution is 2.39. The number of amides is 4. The normalized spacial score (nSPS) is 19.7. The number of piperazine rings is 2. The first-order chi connectivity index (χ1) is 46.6. The molecular weight excluding hydrogens is 1290 g/mol. The van der Waals surface area contributed by atoms with Gasteiger partial charge in [0.1, 0.15) is 6.04 Å². The summed E-state index contributed by atoms with van der Waals surface area (Å²) in [5.41, 5.74) is 4.09. The maximum Gasteiger partial charge on any atom is 0.471 e. The summed E-state index contributed by atoms with van der Waals surface area (Å²) in [6.45, 7) is 15.3. The van der Waals surface area contributed by atoms with Crippen LogP contribution in [0.15, 0.2) is 126 Å². The molecule has 5 heterocycles. The van der Waals surface area contributed by atoms with Crippen molar-refractivity contribution in [3.8, 4) is 5.75 Å². The summed E-state index contributed by atoms with van der Waals surface area (Å²) in [6.07, 6.45) is 8.53. The van der Waals surface area contributed by atoms with Crippen molar-refractivity contribution in [1.29, 1.82) is 0 Å². The standard InChI is InChI=1S/C72H88ClF3N10O8S2/c73-57-17-12-52(13-18-57)62-22-11-51(47-77-28-4-5-29-78-67(87)10-6-30-82-33-37-85(38-34-82)60-21-23-63-56(45-60)49-86(71(63)91)65-25-26-68(88)80-70(65)90)44-55(62)48-83-35-39-84(40-36-83)59-19-14-53(15-20-59)69(89)54-16-24-64(66(46-54)93-94-96-72(74,75)76)79-58(50-95-61-8-2-1-3-9-61)27-32-81-31-7-42-92-43-41-81/h1-3,8-9,12-21,23-24,45-46,51,58,65,77,79H,4-7,10-11,22,25-44,47-50H2,(H,78,87)(H,80,88,90). The van der Waals surface area contributed by atoms with Crippen molar-refractivity contribution in [1.82, 2.24) is 35.6 Å². The number of anilines is 3. The number of carbonyl (C=O) groups excluding carboxylic acids is 5. The molecule has 18 nitrogen and oxygen atoms in total. The largest absolute Gasteiger partial charge is 0.471 e. The Balaban J connectivity index is 0.600. The van der Waals surface area contributed by atoms with E-state index in [1.165, 1.54) is 22.8 Å². The summed E-state index contributed by atoms with van der Waals surface area (Å²) in [7, 11) is 0. The Hall–Kier alpha value is -6.67. The number of imide groups is 1. The van der Waals surface area contributed by atoms with Gasteiger partial charge in [0.05, 0.1) is 12.3 Å². The Kier molecular flexibility index (Phi) is 25.5. The van der Waals surface area contributed by atoms with Crippen LogP contribution in [0.3, 0.4) is 0 Å². The molecule has 3 atom stereocenters. The van der Waals surface area contributed by atoms with E-state index in [1.807, 2.05) is 66.7 Å². The number of nitrogens with one attached hydrogen (secondary N) is 4. The van der Waals surface area contributed by atoms with Crippen molar-refractivity contribution in [3.63, 3.8) is 0 Å². The Labute approximate surface area is 574 Å². The predicted molar refractivity (Wildman–Crippen MR) is 373 cm³/mol. The van der Waals surface area contributed by atoms with Crippen LogP contribution in [-0.2, 0) is 30.0 Å². The number of hydrogen-bond acceptors (Lipinski definition) is 17. The highest BCUT2D eigenvalue weighted by molar-refractivity contribution is 7.99. The monoisotopic (exact) mass is 1380 g/mol. The van der Waals surface area contributed by atoms with E-state index < -0.39 is 29.5 Å². The molecule has 0 saturated carbocycles.